The lowest BCUT2D eigenvalue weighted by atomic mass is 10.1. The molecule has 0 aliphatic rings. The van der Waals surface area contributed by atoms with Crippen LogP contribution in [-0.2, 0) is 4.74 Å². The first kappa shape index (κ1) is 12.3. The highest BCUT2D eigenvalue weighted by Crippen LogP contribution is 2.27. The van der Waals surface area contributed by atoms with E-state index in [1.54, 1.807) is 13.8 Å². The van der Waals surface area contributed by atoms with Crippen molar-refractivity contribution in [3.8, 4) is 5.75 Å². The Labute approximate surface area is 93.2 Å². The summed E-state index contributed by atoms with van der Waals surface area (Å²) in [5.74, 6) is -1.08. The minimum absolute atomic E-state index is 0.00898. The Morgan fingerprint density at radius 3 is 2.62 bits per heavy atom. The van der Waals surface area contributed by atoms with Crippen LogP contribution in [0.1, 0.15) is 24.2 Å². The standard InChI is InChI=1S/C11H14FNO3/c1-3-15-9-6-7(12)5-8(10(9)13)11(14)16-4-2/h5-6H,3-4,13H2,1-2H3. The number of ether oxygens (including phenoxy) is 2. The molecule has 0 aromatic heterocycles. The zero-order valence-corrected chi connectivity index (χ0v) is 9.25. The summed E-state index contributed by atoms with van der Waals surface area (Å²) in [7, 11) is 0. The first-order valence-electron chi connectivity index (χ1n) is 4.99. The molecule has 0 atom stereocenters. The van der Waals surface area contributed by atoms with Crippen LogP contribution in [0.5, 0.6) is 5.75 Å². The van der Waals surface area contributed by atoms with Crippen molar-refractivity contribution in [1.29, 1.82) is 0 Å². The van der Waals surface area contributed by atoms with Gasteiger partial charge in [0, 0.05) is 6.07 Å². The minimum Gasteiger partial charge on any atom is -0.492 e. The van der Waals surface area contributed by atoms with Crippen molar-refractivity contribution < 1.29 is 18.7 Å². The molecule has 88 valence electrons. The van der Waals surface area contributed by atoms with E-state index in [4.69, 9.17) is 15.2 Å². The molecule has 0 amide bonds. The van der Waals surface area contributed by atoms with Crippen LogP contribution in [0, 0.1) is 5.82 Å². The minimum atomic E-state index is -0.652. The molecule has 0 aliphatic heterocycles. The molecule has 0 unspecified atom stereocenters. The summed E-state index contributed by atoms with van der Waals surface area (Å²) < 4.78 is 23.1. The maximum Gasteiger partial charge on any atom is 0.340 e. The number of hydrogen-bond acceptors (Lipinski definition) is 4. The summed E-state index contributed by atoms with van der Waals surface area (Å²) in [6, 6.07) is 2.18. The van der Waals surface area contributed by atoms with Crippen molar-refractivity contribution in [2.24, 2.45) is 0 Å². The van der Waals surface area contributed by atoms with Gasteiger partial charge in [0.05, 0.1) is 24.5 Å². The SMILES string of the molecule is CCOC(=O)c1cc(F)cc(OCC)c1N. The molecule has 16 heavy (non-hydrogen) atoms. The van der Waals surface area contributed by atoms with E-state index in [0.717, 1.165) is 12.1 Å². The van der Waals surface area contributed by atoms with E-state index in [1.165, 1.54) is 0 Å². The number of benzene rings is 1. The summed E-state index contributed by atoms with van der Waals surface area (Å²) in [4.78, 5) is 11.4. The predicted molar refractivity (Wildman–Crippen MR) is 57.9 cm³/mol. The summed E-state index contributed by atoms with van der Waals surface area (Å²) in [5.41, 5.74) is 5.77. The van der Waals surface area contributed by atoms with Crippen molar-refractivity contribution in [2.75, 3.05) is 18.9 Å². The number of hydrogen-bond donors (Lipinski definition) is 1. The van der Waals surface area contributed by atoms with Gasteiger partial charge in [-0.25, -0.2) is 9.18 Å². The Hall–Kier alpha value is -1.78. The van der Waals surface area contributed by atoms with Crippen LogP contribution in [0.2, 0.25) is 0 Å². The highest BCUT2D eigenvalue weighted by Gasteiger charge is 2.16. The first-order chi connectivity index (χ1) is 7.60. The monoisotopic (exact) mass is 227 g/mol. The lowest BCUT2D eigenvalue weighted by molar-refractivity contribution is 0.0526. The van der Waals surface area contributed by atoms with Crippen molar-refractivity contribution in [3.63, 3.8) is 0 Å². The summed E-state index contributed by atoms with van der Waals surface area (Å²) in [6.45, 7) is 3.96. The molecule has 2 N–H and O–H groups in total. The molecule has 4 nitrogen and oxygen atoms in total. The van der Waals surface area contributed by atoms with Crippen molar-refractivity contribution >= 4 is 11.7 Å². The molecule has 0 spiro atoms. The van der Waals surface area contributed by atoms with E-state index in [9.17, 15) is 9.18 Å². The van der Waals surface area contributed by atoms with E-state index in [1.807, 2.05) is 0 Å². The van der Waals surface area contributed by atoms with Crippen LogP contribution in [0.15, 0.2) is 12.1 Å². The second kappa shape index (κ2) is 5.34. The Bertz CT molecular complexity index is 393. The van der Waals surface area contributed by atoms with Crippen molar-refractivity contribution in [2.45, 2.75) is 13.8 Å². The molecule has 1 aromatic carbocycles. The Kier molecular flexibility index (Phi) is 4.10. The van der Waals surface area contributed by atoms with Gasteiger partial charge >= 0.3 is 5.97 Å². The van der Waals surface area contributed by atoms with E-state index < -0.39 is 11.8 Å². The molecule has 0 bridgehead atoms. The molecule has 0 fully saturated rings. The van der Waals surface area contributed by atoms with Crippen molar-refractivity contribution in [1.82, 2.24) is 0 Å². The van der Waals surface area contributed by atoms with Gasteiger partial charge in [-0.05, 0) is 19.9 Å². The molecular weight excluding hydrogens is 213 g/mol. The smallest absolute Gasteiger partial charge is 0.340 e. The fourth-order valence-corrected chi connectivity index (χ4v) is 1.25. The molecule has 0 saturated carbocycles. The average Bonchev–Trinajstić information content (AvgIpc) is 2.23. The molecule has 1 rings (SSSR count). The van der Waals surface area contributed by atoms with Crippen LogP contribution < -0.4 is 10.5 Å². The average molecular weight is 227 g/mol. The maximum atomic E-state index is 13.2. The Balaban J connectivity index is 3.13. The molecule has 0 heterocycles. The summed E-state index contributed by atoms with van der Waals surface area (Å²) in [5, 5.41) is 0. The molecular formula is C11H14FNO3. The van der Waals surface area contributed by atoms with Gasteiger partial charge in [-0.2, -0.15) is 0 Å². The largest absolute Gasteiger partial charge is 0.492 e. The van der Waals surface area contributed by atoms with E-state index >= 15 is 0 Å². The molecule has 0 aliphatic carbocycles. The molecule has 5 heteroatoms. The molecule has 1 aromatic rings. The zero-order chi connectivity index (χ0) is 12.1. The number of esters is 1. The highest BCUT2D eigenvalue weighted by molar-refractivity contribution is 5.96. The van der Waals surface area contributed by atoms with Crippen LogP contribution in [0.4, 0.5) is 10.1 Å². The Morgan fingerprint density at radius 1 is 1.38 bits per heavy atom. The molecule has 0 radical (unpaired) electrons. The van der Waals surface area contributed by atoms with Gasteiger partial charge in [0.2, 0.25) is 0 Å². The molecule has 0 saturated heterocycles. The predicted octanol–water partition coefficient (Wildman–Crippen LogP) is 1.98. The van der Waals surface area contributed by atoms with Gasteiger partial charge in [0.1, 0.15) is 11.6 Å². The maximum absolute atomic E-state index is 13.2. The second-order valence-electron chi connectivity index (χ2n) is 3.02. The Morgan fingerprint density at radius 2 is 2.06 bits per heavy atom. The normalized spacial score (nSPS) is 9.94. The topological polar surface area (TPSA) is 61.5 Å². The lowest BCUT2D eigenvalue weighted by Gasteiger charge is -2.10. The van der Waals surface area contributed by atoms with Crippen LogP contribution in [0.3, 0.4) is 0 Å². The first-order valence-corrected chi connectivity index (χ1v) is 4.99. The van der Waals surface area contributed by atoms with Gasteiger partial charge < -0.3 is 15.2 Å². The summed E-state index contributed by atoms with van der Waals surface area (Å²) in [6.07, 6.45) is 0. The van der Waals surface area contributed by atoms with E-state index in [0.29, 0.717) is 6.61 Å². The number of carbonyl (C=O) groups is 1. The number of carbonyl (C=O) groups excluding carboxylic acids is 1. The van der Waals surface area contributed by atoms with Crippen molar-refractivity contribution in [3.05, 3.63) is 23.5 Å². The van der Waals surface area contributed by atoms with Gasteiger partial charge in [0.15, 0.2) is 0 Å². The third-order valence-corrected chi connectivity index (χ3v) is 1.90. The van der Waals surface area contributed by atoms with Gasteiger partial charge in [-0.3, -0.25) is 0 Å². The quantitative estimate of drug-likeness (QED) is 0.631. The van der Waals surface area contributed by atoms with Crippen LogP contribution in [-0.4, -0.2) is 19.2 Å². The van der Waals surface area contributed by atoms with Gasteiger partial charge in [0.25, 0.3) is 0 Å². The zero-order valence-electron chi connectivity index (χ0n) is 9.25. The fourth-order valence-electron chi connectivity index (χ4n) is 1.25. The number of nitrogens with two attached hydrogens (primary N) is 1. The van der Waals surface area contributed by atoms with E-state index in [2.05, 4.69) is 0 Å². The summed E-state index contributed by atoms with van der Waals surface area (Å²) >= 11 is 0. The van der Waals surface area contributed by atoms with Crippen LogP contribution in [0.25, 0.3) is 0 Å². The second-order valence-corrected chi connectivity index (χ2v) is 3.02. The van der Waals surface area contributed by atoms with Gasteiger partial charge in [-0.15, -0.1) is 0 Å². The number of rotatable bonds is 4. The lowest BCUT2D eigenvalue weighted by Crippen LogP contribution is -2.10. The number of nitrogen functional groups attached to an aromatic ring is 1. The van der Waals surface area contributed by atoms with Crippen LogP contribution >= 0.6 is 0 Å². The third kappa shape index (κ3) is 2.62. The van der Waals surface area contributed by atoms with Gasteiger partial charge in [-0.1, -0.05) is 0 Å². The van der Waals surface area contributed by atoms with E-state index in [-0.39, 0.29) is 23.6 Å². The third-order valence-electron chi connectivity index (χ3n) is 1.90. The fraction of sp³-hybridized carbons (Fsp3) is 0.364. The number of halogens is 1. The number of anilines is 1. The highest BCUT2D eigenvalue weighted by atomic mass is 19.1.